The van der Waals surface area contributed by atoms with Crippen LogP contribution >= 0.6 is 0 Å². The largest absolute Gasteiger partial charge is 0.338 e. The number of aryl methyl sites for hydroxylation is 1. The molecule has 0 unspecified atom stereocenters. The molecular weight excluding hydrogens is 244 g/mol. The van der Waals surface area contributed by atoms with Crippen LogP contribution in [0.1, 0.15) is 0 Å². The lowest BCUT2D eigenvalue weighted by Gasteiger charge is -1.93. The van der Waals surface area contributed by atoms with Gasteiger partial charge in [0, 0.05) is 18.2 Å². The molecule has 19 heavy (non-hydrogen) atoms. The monoisotopic (exact) mass is 255 g/mol. The standard InChI is InChI=1S/C13H11N4O2/c1-16-6-2-3-9(8-16)13-14-11-5-4-10(17(18)19)7-12(11)15-13/h2-8H,1H3,(H,14,15)/q+1. The lowest BCUT2D eigenvalue weighted by atomic mass is 10.3. The predicted molar refractivity (Wildman–Crippen MR) is 69.4 cm³/mol. The fraction of sp³-hybridized carbons (Fsp3) is 0.0769. The van der Waals surface area contributed by atoms with Crippen LogP contribution in [0.2, 0.25) is 0 Å². The van der Waals surface area contributed by atoms with E-state index in [1.165, 1.54) is 12.1 Å². The summed E-state index contributed by atoms with van der Waals surface area (Å²) in [4.78, 5) is 17.9. The predicted octanol–water partition coefficient (Wildman–Crippen LogP) is 1.96. The van der Waals surface area contributed by atoms with E-state index < -0.39 is 4.92 Å². The Labute approximate surface area is 108 Å². The Balaban J connectivity index is 2.14. The Kier molecular flexibility index (Phi) is 2.49. The highest BCUT2D eigenvalue weighted by Gasteiger charge is 2.11. The number of hydrogen-bond donors (Lipinski definition) is 1. The van der Waals surface area contributed by atoms with Gasteiger partial charge >= 0.3 is 0 Å². The summed E-state index contributed by atoms with van der Waals surface area (Å²) >= 11 is 0. The molecule has 6 nitrogen and oxygen atoms in total. The lowest BCUT2D eigenvalue weighted by Crippen LogP contribution is -2.26. The van der Waals surface area contributed by atoms with Gasteiger partial charge < -0.3 is 4.98 Å². The molecule has 0 saturated carbocycles. The van der Waals surface area contributed by atoms with Crippen molar-refractivity contribution in [1.29, 1.82) is 0 Å². The summed E-state index contributed by atoms with van der Waals surface area (Å²) < 4.78 is 1.92. The first-order chi connectivity index (χ1) is 9.13. The molecule has 0 fully saturated rings. The average Bonchev–Trinajstić information content (AvgIpc) is 2.81. The van der Waals surface area contributed by atoms with Crippen molar-refractivity contribution in [3.05, 3.63) is 52.8 Å². The second-order valence-corrected chi connectivity index (χ2v) is 4.30. The van der Waals surface area contributed by atoms with E-state index in [0.29, 0.717) is 16.9 Å². The van der Waals surface area contributed by atoms with Gasteiger partial charge in [-0.2, -0.15) is 0 Å². The number of pyridine rings is 1. The van der Waals surface area contributed by atoms with E-state index in [-0.39, 0.29) is 5.69 Å². The van der Waals surface area contributed by atoms with E-state index in [4.69, 9.17) is 0 Å². The number of nitro groups is 1. The van der Waals surface area contributed by atoms with Crippen LogP contribution in [0.4, 0.5) is 5.69 Å². The first-order valence-electron chi connectivity index (χ1n) is 5.73. The van der Waals surface area contributed by atoms with Gasteiger partial charge in [-0.1, -0.05) is 0 Å². The van der Waals surface area contributed by atoms with E-state index in [0.717, 1.165) is 5.56 Å². The molecule has 3 aromatic rings. The van der Waals surface area contributed by atoms with Gasteiger partial charge in [0.05, 0.1) is 21.5 Å². The molecular formula is C13H11N4O2+. The topological polar surface area (TPSA) is 75.7 Å². The van der Waals surface area contributed by atoms with E-state index in [1.54, 1.807) is 6.07 Å². The molecule has 6 heteroatoms. The van der Waals surface area contributed by atoms with Crippen molar-refractivity contribution >= 4 is 16.7 Å². The van der Waals surface area contributed by atoms with Crippen molar-refractivity contribution in [2.75, 3.05) is 0 Å². The third-order valence-electron chi connectivity index (χ3n) is 2.89. The van der Waals surface area contributed by atoms with E-state index in [9.17, 15) is 10.1 Å². The summed E-state index contributed by atoms with van der Waals surface area (Å²) in [6.07, 6.45) is 3.86. The molecule has 0 aliphatic heterocycles. The van der Waals surface area contributed by atoms with E-state index in [2.05, 4.69) is 9.97 Å². The van der Waals surface area contributed by atoms with E-state index in [1.807, 2.05) is 36.1 Å². The minimum absolute atomic E-state index is 0.0568. The fourth-order valence-electron chi connectivity index (χ4n) is 1.98. The Morgan fingerprint density at radius 3 is 2.95 bits per heavy atom. The van der Waals surface area contributed by atoms with Crippen LogP contribution in [0.3, 0.4) is 0 Å². The van der Waals surface area contributed by atoms with Gasteiger partial charge in [-0.25, -0.2) is 9.55 Å². The number of nitrogens with one attached hydrogen (secondary N) is 1. The van der Waals surface area contributed by atoms with Gasteiger partial charge in [0.15, 0.2) is 12.4 Å². The summed E-state index contributed by atoms with van der Waals surface area (Å²) in [6, 6.07) is 8.46. The second kappa shape index (κ2) is 4.16. The molecule has 1 aromatic carbocycles. The quantitative estimate of drug-likeness (QED) is 0.432. The number of nitro benzene ring substituents is 1. The molecule has 0 saturated heterocycles. The maximum absolute atomic E-state index is 10.7. The highest BCUT2D eigenvalue weighted by molar-refractivity contribution is 5.81. The number of H-pyrrole nitrogens is 1. The van der Waals surface area contributed by atoms with Crippen LogP contribution in [0.25, 0.3) is 22.4 Å². The Morgan fingerprint density at radius 2 is 2.21 bits per heavy atom. The number of hydrogen-bond acceptors (Lipinski definition) is 3. The first kappa shape index (κ1) is 11.3. The minimum Gasteiger partial charge on any atom is -0.338 e. The zero-order valence-corrected chi connectivity index (χ0v) is 10.2. The van der Waals surface area contributed by atoms with Crippen molar-refractivity contribution < 1.29 is 9.49 Å². The number of fused-ring (bicyclic) bond motifs is 1. The summed E-state index contributed by atoms with van der Waals surface area (Å²) in [5, 5.41) is 10.7. The molecule has 1 N–H and O–H groups in total. The Hall–Kier alpha value is -2.76. The van der Waals surface area contributed by atoms with Crippen molar-refractivity contribution in [1.82, 2.24) is 9.97 Å². The summed E-state index contributed by atoms with van der Waals surface area (Å²) in [5.74, 6) is 0.701. The molecule has 0 amide bonds. The zero-order valence-electron chi connectivity index (χ0n) is 10.2. The molecule has 0 atom stereocenters. The van der Waals surface area contributed by atoms with Crippen LogP contribution in [-0.4, -0.2) is 14.9 Å². The van der Waals surface area contributed by atoms with Gasteiger partial charge in [-0.3, -0.25) is 10.1 Å². The third kappa shape index (κ3) is 2.03. The normalized spacial score (nSPS) is 10.8. The van der Waals surface area contributed by atoms with Gasteiger partial charge in [0.1, 0.15) is 12.9 Å². The maximum atomic E-state index is 10.7. The molecule has 94 valence electrons. The van der Waals surface area contributed by atoms with Crippen LogP contribution in [0.15, 0.2) is 42.7 Å². The zero-order chi connectivity index (χ0) is 13.4. The number of rotatable bonds is 2. The molecule has 2 aromatic heterocycles. The van der Waals surface area contributed by atoms with Crippen LogP contribution in [0, 0.1) is 10.1 Å². The Morgan fingerprint density at radius 1 is 1.37 bits per heavy atom. The average molecular weight is 255 g/mol. The fourth-order valence-corrected chi connectivity index (χ4v) is 1.98. The molecule has 3 rings (SSSR count). The van der Waals surface area contributed by atoms with Gasteiger partial charge in [-0.15, -0.1) is 0 Å². The molecule has 0 aliphatic carbocycles. The van der Waals surface area contributed by atoms with Gasteiger partial charge in [0.25, 0.3) is 5.69 Å². The highest BCUT2D eigenvalue weighted by atomic mass is 16.6. The lowest BCUT2D eigenvalue weighted by molar-refractivity contribution is -0.671. The summed E-state index contributed by atoms with van der Waals surface area (Å²) in [7, 11) is 1.93. The summed E-state index contributed by atoms with van der Waals surface area (Å²) in [5.41, 5.74) is 2.37. The SMILES string of the molecule is C[n+]1cccc(-c2nc3ccc([N+](=O)[O-])cc3[nH]2)c1. The number of benzene rings is 1. The third-order valence-corrected chi connectivity index (χ3v) is 2.89. The number of aromatic amines is 1. The number of imidazole rings is 1. The Bertz CT molecular complexity index is 779. The second-order valence-electron chi connectivity index (χ2n) is 4.30. The van der Waals surface area contributed by atoms with Gasteiger partial charge in [0.2, 0.25) is 0 Å². The molecule has 0 aliphatic rings. The number of aromatic nitrogens is 3. The van der Waals surface area contributed by atoms with Crippen molar-refractivity contribution in [3.8, 4) is 11.4 Å². The summed E-state index contributed by atoms with van der Waals surface area (Å²) in [6.45, 7) is 0. The van der Waals surface area contributed by atoms with E-state index >= 15 is 0 Å². The molecule has 0 bridgehead atoms. The highest BCUT2D eigenvalue weighted by Crippen LogP contribution is 2.22. The van der Waals surface area contributed by atoms with Crippen molar-refractivity contribution in [2.24, 2.45) is 7.05 Å². The maximum Gasteiger partial charge on any atom is 0.271 e. The van der Waals surface area contributed by atoms with Crippen LogP contribution in [-0.2, 0) is 7.05 Å². The van der Waals surface area contributed by atoms with Crippen molar-refractivity contribution in [3.63, 3.8) is 0 Å². The molecule has 0 radical (unpaired) electrons. The van der Waals surface area contributed by atoms with Crippen LogP contribution in [0.5, 0.6) is 0 Å². The van der Waals surface area contributed by atoms with Crippen molar-refractivity contribution in [2.45, 2.75) is 0 Å². The molecule has 2 heterocycles. The van der Waals surface area contributed by atoms with Gasteiger partial charge in [-0.05, 0) is 12.1 Å². The van der Waals surface area contributed by atoms with Crippen LogP contribution < -0.4 is 4.57 Å². The minimum atomic E-state index is -0.414. The first-order valence-corrected chi connectivity index (χ1v) is 5.73. The number of non-ortho nitro benzene ring substituents is 1. The molecule has 0 spiro atoms. The smallest absolute Gasteiger partial charge is 0.271 e. The number of nitrogens with zero attached hydrogens (tertiary/aromatic N) is 3.